The van der Waals surface area contributed by atoms with Crippen LogP contribution in [0.25, 0.3) is 0 Å². The van der Waals surface area contributed by atoms with Crippen molar-refractivity contribution in [3.8, 4) is 0 Å². The molecule has 1 rings (SSSR count). The van der Waals surface area contributed by atoms with Gasteiger partial charge in [-0.1, -0.05) is 6.92 Å². The summed E-state index contributed by atoms with van der Waals surface area (Å²) in [5.41, 5.74) is 0. The van der Waals surface area contributed by atoms with Crippen LogP contribution < -0.4 is 0 Å². The minimum Gasteiger partial charge on any atom is -0.373 e. The highest BCUT2D eigenvalue weighted by atomic mass is 16.7. The van der Waals surface area contributed by atoms with Crippen LogP contribution in [0.4, 0.5) is 0 Å². The van der Waals surface area contributed by atoms with E-state index in [9.17, 15) is 0 Å². The highest BCUT2D eigenvalue weighted by Gasteiger charge is 2.21. The highest BCUT2D eigenvalue weighted by molar-refractivity contribution is 4.67. The van der Waals surface area contributed by atoms with Crippen molar-refractivity contribution in [3.63, 3.8) is 0 Å². The summed E-state index contributed by atoms with van der Waals surface area (Å²) in [6.07, 6.45) is 2.53. The van der Waals surface area contributed by atoms with Crippen LogP contribution >= 0.6 is 0 Å². The molecule has 66 valence electrons. The molecular weight excluding hydrogens is 144 g/mol. The summed E-state index contributed by atoms with van der Waals surface area (Å²) >= 11 is 0. The second-order valence-electron chi connectivity index (χ2n) is 2.68. The van der Waals surface area contributed by atoms with E-state index in [1.54, 1.807) is 0 Å². The van der Waals surface area contributed by atoms with Crippen LogP contribution in [0.1, 0.15) is 19.8 Å². The molecule has 0 saturated carbocycles. The first kappa shape index (κ1) is 8.97. The fourth-order valence-electron chi connectivity index (χ4n) is 0.771. The Labute approximate surface area is 67.6 Å². The van der Waals surface area contributed by atoms with Gasteiger partial charge in [0, 0.05) is 6.61 Å². The third-order valence-electron chi connectivity index (χ3n) is 1.50. The van der Waals surface area contributed by atoms with Gasteiger partial charge in [-0.15, -0.1) is 0 Å². The molecule has 1 aliphatic rings. The standard InChI is InChI=1S/C8H16O3/c1-2-4-9-7-10-5-3-8-6-11-8/h8H,2-7H2,1H3. The monoisotopic (exact) mass is 160 g/mol. The lowest BCUT2D eigenvalue weighted by molar-refractivity contribution is -0.0550. The first-order chi connectivity index (χ1) is 5.43. The van der Waals surface area contributed by atoms with E-state index >= 15 is 0 Å². The maximum absolute atomic E-state index is 5.18. The number of ether oxygens (including phenoxy) is 3. The number of hydrogen-bond donors (Lipinski definition) is 0. The van der Waals surface area contributed by atoms with E-state index in [4.69, 9.17) is 14.2 Å². The summed E-state index contributed by atoms with van der Waals surface area (Å²) in [6.45, 7) is 4.98. The van der Waals surface area contributed by atoms with Crippen molar-refractivity contribution in [2.24, 2.45) is 0 Å². The smallest absolute Gasteiger partial charge is 0.146 e. The highest BCUT2D eigenvalue weighted by Crippen LogP contribution is 2.12. The van der Waals surface area contributed by atoms with Crippen LogP contribution in [0.5, 0.6) is 0 Å². The van der Waals surface area contributed by atoms with Gasteiger partial charge >= 0.3 is 0 Å². The molecular formula is C8H16O3. The second kappa shape index (κ2) is 5.52. The molecule has 0 aliphatic carbocycles. The molecule has 1 fully saturated rings. The van der Waals surface area contributed by atoms with Gasteiger partial charge in [0.1, 0.15) is 6.79 Å². The summed E-state index contributed by atoms with van der Waals surface area (Å²) in [5, 5.41) is 0. The van der Waals surface area contributed by atoms with Crippen LogP contribution in [0.2, 0.25) is 0 Å². The second-order valence-corrected chi connectivity index (χ2v) is 2.68. The van der Waals surface area contributed by atoms with Crippen LogP contribution in [0, 0.1) is 0 Å². The largest absolute Gasteiger partial charge is 0.373 e. The lowest BCUT2D eigenvalue weighted by atomic mass is 10.4. The Bertz CT molecular complexity index is 91.3. The molecule has 3 heteroatoms. The molecule has 0 spiro atoms. The molecule has 0 bridgehead atoms. The zero-order valence-corrected chi connectivity index (χ0v) is 7.04. The average molecular weight is 160 g/mol. The molecule has 1 atom stereocenters. The van der Waals surface area contributed by atoms with Gasteiger partial charge in [-0.25, -0.2) is 0 Å². The van der Waals surface area contributed by atoms with Crippen LogP contribution in [-0.2, 0) is 14.2 Å². The minimum absolute atomic E-state index is 0.431. The van der Waals surface area contributed by atoms with E-state index < -0.39 is 0 Å². The molecule has 1 unspecified atom stereocenters. The van der Waals surface area contributed by atoms with Crippen molar-refractivity contribution in [1.82, 2.24) is 0 Å². The molecule has 11 heavy (non-hydrogen) atoms. The fraction of sp³-hybridized carbons (Fsp3) is 1.00. The van der Waals surface area contributed by atoms with Gasteiger partial charge in [-0.2, -0.15) is 0 Å². The van der Waals surface area contributed by atoms with Crippen molar-refractivity contribution < 1.29 is 14.2 Å². The summed E-state index contributed by atoms with van der Waals surface area (Å²) in [5.74, 6) is 0. The van der Waals surface area contributed by atoms with E-state index in [0.29, 0.717) is 12.9 Å². The van der Waals surface area contributed by atoms with Gasteiger partial charge in [0.2, 0.25) is 0 Å². The molecule has 0 radical (unpaired) electrons. The van der Waals surface area contributed by atoms with Crippen LogP contribution in [0.3, 0.4) is 0 Å². The minimum atomic E-state index is 0.431. The normalized spacial score (nSPS) is 22.1. The summed E-state index contributed by atoms with van der Waals surface area (Å²) in [6, 6.07) is 0. The van der Waals surface area contributed by atoms with Gasteiger partial charge in [0.05, 0.1) is 19.3 Å². The average Bonchev–Trinajstić information content (AvgIpc) is 2.80. The van der Waals surface area contributed by atoms with E-state index in [-0.39, 0.29) is 0 Å². The van der Waals surface area contributed by atoms with Gasteiger partial charge in [0.25, 0.3) is 0 Å². The SMILES string of the molecule is CCCOCOCCC1CO1. The predicted molar refractivity (Wildman–Crippen MR) is 41.4 cm³/mol. The van der Waals surface area contributed by atoms with Crippen molar-refractivity contribution >= 4 is 0 Å². The third kappa shape index (κ3) is 5.18. The van der Waals surface area contributed by atoms with E-state index in [0.717, 1.165) is 32.7 Å². The Morgan fingerprint density at radius 2 is 2.09 bits per heavy atom. The Morgan fingerprint density at radius 1 is 1.36 bits per heavy atom. The molecule has 0 amide bonds. The molecule has 0 aromatic heterocycles. The molecule has 1 saturated heterocycles. The Balaban J connectivity index is 1.66. The van der Waals surface area contributed by atoms with Crippen LogP contribution in [-0.4, -0.2) is 32.7 Å². The van der Waals surface area contributed by atoms with Gasteiger partial charge in [-0.3, -0.25) is 0 Å². The first-order valence-electron chi connectivity index (χ1n) is 4.20. The molecule has 0 aromatic carbocycles. The first-order valence-corrected chi connectivity index (χ1v) is 4.20. The summed E-state index contributed by atoms with van der Waals surface area (Å²) < 4.78 is 15.3. The van der Waals surface area contributed by atoms with Gasteiger partial charge in [0.15, 0.2) is 0 Å². The topological polar surface area (TPSA) is 31.0 Å². The maximum Gasteiger partial charge on any atom is 0.146 e. The molecule has 3 nitrogen and oxygen atoms in total. The summed E-state index contributed by atoms with van der Waals surface area (Å²) in [4.78, 5) is 0. The Hall–Kier alpha value is -0.120. The zero-order valence-electron chi connectivity index (χ0n) is 7.04. The van der Waals surface area contributed by atoms with Crippen LogP contribution in [0.15, 0.2) is 0 Å². The van der Waals surface area contributed by atoms with E-state index in [2.05, 4.69) is 6.92 Å². The van der Waals surface area contributed by atoms with E-state index in [1.165, 1.54) is 0 Å². The summed E-state index contributed by atoms with van der Waals surface area (Å²) in [7, 11) is 0. The third-order valence-corrected chi connectivity index (χ3v) is 1.50. The number of hydrogen-bond acceptors (Lipinski definition) is 3. The Morgan fingerprint density at radius 3 is 2.73 bits per heavy atom. The lowest BCUT2D eigenvalue weighted by Crippen LogP contribution is -2.03. The Kier molecular flexibility index (Phi) is 4.50. The quantitative estimate of drug-likeness (QED) is 0.318. The van der Waals surface area contributed by atoms with Gasteiger partial charge in [-0.05, 0) is 12.8 Å². The van der Waals surface area contributed by atoms with Crippen molar-refractivity contribution in [1.29, 1.82) is 0 Å². The van der Waals surface area contributed by atoms with Gasteiger partial charge < -0.3 is 14.2 Å². The molecule has 1 heterocycles. The zero-order chi connectivity index (χ0) is 7.94. The van der Waals surface area contributed by atoms with Crippen molar-refractivity contribution in [2.75, 3.05) is 26.6 Å². The van der Waals surface area contributed by atoms with Crippen molar-refractivity contribution in [2.45, 2.75) is 25.9 Å². The van der Waals surface area contributed by atoms with Crippen molar-refractivity contribution in [3.05, 3.63) is 0 Å². The fourth-order valence-corrected chi connectivity index (χ4v) is 0.771. The number of epoxide rings is 1. The molecule has 0 N–H and O–H groups in total. The predicted octanol–water partition coefficient (Wildman–Crippen LogP) is 1.18. The molecule has 0 aromatic rings. The van der Waals surface area contributed by atoms with E-state index in [1.807, 2.05) is 0 Å². The molecule has 1 aliphatic heterocycles. The lowest BCUT2D eigenvalue weighted by Gasteiger charge is -2.02. The number of rotatable bonds is 7. The maximum atomic E-state index is 5.18.